The molecule has 3 aromatic rings. The first-order chi connectivity index (χ1) is 8.88. The average Bonchev–Trinajstić information content (AvgIpc) is 3.09. The molecule has 0 aliphatic carbocycles. The Morgan fingerprint density at radius 3 is 2.83 bits per heavy atom. The zero-order chi connectivity index (χ0) is 12.4. The van der Waals surface area contributed by atoms with Gasteiger partial charge in [0.1, 0.15) is 5.75 Å². The van der Waals surface area contributed by atoms with Crippen molar-refractivity contribution in [3.8, 4) is 27.9 Å². The van der Waals surface area contributed by atoms with Crippen LogP contribution in [0.4, 0.5) is 0 Å². The number of hydrogen-bond donors (Lipinski definition) is 0. The predicted octanol–water partition coefficient (Wildman–Crippen LogP) is 3.47. The molecule has 3 rings (SSSR count). The summed E-state index contributed by atoms with van der Waals surface area (Å²) in [4.78, 5) is 5.37. The molecule has 0 fully saturated rings. The molecule has 0 saturated carbocycles. The van der Waals surface area contributed by atoms with Crippen molar-refractivity contribution in [2.45, 2.75) is 0 Å². The average molecular weight is 258 g/mol. The van der Waals surface area contributed by atoms with Gasteiger partial charge >= 0.3 is 0 Å². The number of benzene rings is 1. The Kier molecular flexibility index (Phi) is 2.82. The number of para-hydroxylation sites is 1. The summed E-state index contributed by atoms with van der Waals surface area (Å²) in [5, 5.41) is 5.96. The highest BCUT2D eigenvalue weighted by Crippen LogP contribution is 2.30. The van der Waals surface area contributed by atoms with Gasteiger partial charge < -0.3 is 9.26 Å². The van der Waals surface area contributed by atoms with E-state index in [2.05, 4.69) is 10.1 Å². The van der Waals surface area contributed by atoms with Crippen LogP contribution < -0.4 is 4.74 Å². The Bertz CT molecular complexity index is 647. The minimum absolute atomic E-state index is 0.468. The highest BCUT2D eigenvalue weighted by atomic mass is 32.1. The lowest BCUT2D eigenvalue weighted by molar-refractivity contribution is 0.405. The third kappa shape index (κ3) is 1.89. The molecule has 4 nitrogen and oxygen atoms in total. The number of hydrogen-bond acceptors (Lipinski definition) is 5. The quantitative estimate of drug-likeness (QED) is 0.721. The predicted molar refractivity (Wildman–Crippen MR) is 69.6 cm³/mol. The van der Waals surface area contributed by atoms with Crippen molar-refractivity contribution in [1.29, 1.82) is 0 Å². The molecular weight excluding hydrogens is 248 g/mol. The molecule has 0 amide bonds. The van der Waals surface area contributed by atoms with E-state index in [0.717, 1.165) is 16.2 Å². The summed E-state index contributed by atoms with van der Waals surface area (Å²) in [5.41, 5.74) is 0.801. The van der Waals surface area contributed by atoms with E-state index < -0.39 is 0 Å². The van der Waals surface area contributed by atoms with Crippen LogP contribution in [0, 0.1) is 0 Å². The van der Waals surface area contributed by atoms with E-state index in [0.29, 0.717) is 11.7 Å². The van der Waals surface area contributed by atoms with E-state index in [-0.39, 0.29) is 0 Å². The number of aromatic nitrogens is 2. The summed E-state index contributed by atoms with van der Waals surface area (Å²) in [5.74, 6) is 1.79. The lowest BCUT2D eigenvalue weighted by Gasteiger charge is -2.02. The number of rotatable bonds is 3. The molecule has 90 valence electrons. The SMILES string of the molecule is COc1ccccc1-c1nc(-c2cccs2)no1. The summed E-state index contributed by atoms with van der Waals surface area (Å²) in [7, 11) is 1.62. The minimum atomic E-state index is 0.468. The van der Waals surface area contributed by atoms with Gasteiger partial charge in [0.15, 0.2) is 0 Å². The maximum atomic E-state index is 5.28. The summed E-state index contributed by atoms with van der Waals surface area (Å²) in [6.07, 6.45) is 0. The van der Waals surface area contributed by atoms with Crippen molar-refractivity contribution in [3.63, 3.8) is 0 Å². The fraction of sp³-hybridized carbons (Fsp3) is 0.0769. The zero-order valence-electron chi connectivity index (χ0n) is 9.66. The van der Waals surface area contributed by atoms with Gasteiger partial charge in [-0.2, -0.15) is 4.98 Å². The van der Waals surface area contributed by atoms with Crippen LogP contribution in [0.5, 0.6) is 5.75 Å². The second kappa shape index (κ2) is 4.62. The molecule has 0 saturated heterocycles. The Hall–Kier alpha value is -2.14. The van der Waals surface area contributed by atoms with Crippen molar-refractivity contribution < 1.29 is 9.26 Å². The van der Waals surface area contributed by atoms with Crippen molar-refractivity contribution in [2.75, 3.05) is 7.11 Å². The number of nitrogens with zero attached hydrogens (tertiary/aromatic N) is 2. The molecule has 0 N–H and O–H groups in total. The molecule has 5 heteroatoms. The van der Waals surface area contributed by atoms with Gasteiger partial charge in [-0.15, -0.1) is 11.3 Å². The monoisotopic (exact) mass is 258 g/mol. The number of thiophene rings is 1. The largest absolute Gasteiger partial charge is 0.496 e. The van der Waals surface area contributed by atoms with Crippen LogP contribution in [0.2, 0.25) is 0 Å². The van der Waals surface area contributed by atoms with Crippen molar-refractivity contribution in [1.82, 2.24) is 10.1 Å². The topological polar surface area (TPSA) is 48.2 Å². The molecule has 0 radical (unpaired) electrons. The summed E-state index contributed by atoms with van der Waals surface area (Å²) in [6.45, 7) is 0. The van der Waals surface area contributed by atoms with Crippen LogP contribution in [0.3, 0.4) is 0 Å². The van der Waals surface area contributed by atoms with Crippen molar-refractivity contribution in [3.05, 3.63) is 41.8 Å². The summed E-state index contributed by atoms with van der Waals surface area (Å²) in [6, 6.07) is 11.5. The van der Waals surface area contributed by atoms with Crippen LogP contribution in [0.15, 0.2) is 46.3 Å². The highest BCUT2D eigenvalue weighted by Gasteiger charge is 2.14. The normalized spacial score (nSPS) is 10.5. The standard InChI is InChI=1S/C13H10N2O2S/c1-16-10-6-3-2-5-9(10)13-14-12(15-17-13)11-7-4-8-18-11/h2-8H,1H3. The molecule has 0 aliphatic heterocycles. The van der Waals surface area contributed by atoms with Gasteiger partial charge in [-0.25, -0.2) is 0 Å². The van der Waals surface area contributed by atoms with Crippen LogP contribution in [-0.4, -0.2) is 17.3 Å². The first kappa shape index (κ1) is 11.0. The molecule has 18 heavy (non-hydrogen) atoms. The second-order valence-electron chi connectivity index (χ2n) is 3.60. The van der Waals surface area contributed by atoms with Gasteiger partial charge in [0.05, 0.1) is 17.6 Å². The van der Waals surface area contributed by atoms with Crippen molar-refractivity contribution in [2.24, 2.45) is 0 Å². The molecular formula is C13H10N2O2S. The Morgan fingerprint density at radius 2 is 2.06 bits per heavy atom. The van der Waals surface area contributed by atoms with Crippen LogP contribution in [0.25, 0.3) is 22.2 Å². The smallest absolute Gasteiger partial charge is 0.262 e. The Morgan fingerprint density at radius 1 is 1.17 bits per heavy atom. The lowest BCUT2D eigenvalue weighted by Crippen LogP contribution is -1.87. The van der Waals surface area contributed by atoms with E-state index in [1.165, 1.54) is 0 Å². The van der Waals surface area contributed by atoms with E-state index >= 15 is 0 Å². The van der Waals surface area contributed by atoms with Gasteiger partial charge in [-0.05, 0) is 23.6 Å². The Balaban J connectivity index is 2.03. The maximum Gasteiger partial charge on any atom is 0.262 e. The van der Waals surface area contributed by atoms with Crippen molar-refractivity contribution >= 4 is 11.3 Å². The molecule has 0 bridgehead atoms. The van der Waals surface area contributed by atoms with Gasteiger partial charge in [0.2, 0.25) is 5.82 Å². The fourth-order valence-corrected chi connectivity index (χ4v) is 2.31. The molecule has 0 unspecified atom stereocenters. The minimum Gasteiger partial charge on any atom is -0.496 e. The second-order valence-corrected chi connectivity index (χ2v) is 4.55. The van der Waals surface area contributed by atoms with Crippen LogP contribution in [0.1, 0.15) is 0 Å². The van der Waals surface area contributed by atoms with Crippen LogP contribution >= 0.6 is 11.3 Å². The van der Waals surface area contributed by atoms with Gasteiger partial charge in [-0.1, -0.05) is 23.4 Å². The Labute approximate surface area is 108 Å². The highest BCUT2D eigenvalue weighted by molar-refractivity contribution is 7.13. The molecule has 1 aromatic carbocycles. The molecule has 0 spiro atoms. The van der Waals surface area contributed by atoms with E-state index in [9.17, 15) is 0 Å². The summed E-state index contributed by atoms with van der Waals surface area (Å²) >= 11 is 1.58. The van der Waals surface area contributed by atoms with Gasteiger partial charge in [0.25, 0.3) is 5.89 Å². The number of ether oxygens (including phenoxy) is 1. The molecule has 2 aromatic heterocycles. The van der Waals surface area contributed by atoms with E-state index in [4.69, 9.17) is 9.26 Å². The van der Waals surface area contributed by atoms with E-state index in [1.54, 1.807) is 18.4 Å². The fourth-order valence-electron chi connectivity index (χ4n) is 1.66. The zero-order valence-corrected chi connectivity index (χ0v) is 10.5. The molecule has 0 aliphatic rings. The third-order valence-corrected chi connectivity index (χ3v) is 3.37. The molecule has 0 atom stereocenters. The lowest BCUT2D eigenvalue weighted by atomic mass is 10.2. The number of methoxy groups -OCH3 is 1. The summed E-state index contributed by atoms with van der Waals surface area (Å²) < 4.78 is 10.6. The first-order valence-corrected chi connectivity index (χ1v) is 6.27. The molecule has 2 heterocycles. The van der Waals surface area contributed by atoms with E-state index in [1.807, 2.05) is 41.8 Å². The third-order valence-electron chi connectivity index (χ3n) is 2.50. The first-order valence-electron chi connectivity index (χ1n) is 5.39. The van der Waals surface area contributed by atoms with Crippen LogP contribution in [-0.2, 0) is 0 Å². The van der Waals surface area contributed by atoms with Gasteiger partial charge in [-0.3, -0.25) is 0 Å². The van der Waals surface area contributed by atoms with Gasteiger partial charge in [0, 0.05) is 0 Å². The maximum absolute atomic E-state index is 5.28.